The van der Waals surface area contributed by atoms with E-state index in [4.69, 9.17) is 10.2 Å². The topological polar surface area (TPSA) is 71.7 Å². The summed E-state index contributed by atoms with van der Waals surface area (Å²) in [6, 6.07) is 1.06. The zero-order valence-corrected chi connectivity index (χ0v) is 5.81. The lowest BCUT2D eigenvalue weighted by Crippen LogP contribution is -2.14. The number of aromatic nitrogens is 1. The van der Waals surface area contributed by atoms with Gasteiger partial charge in [0.2, 0.25) is 5.88 Å². The Kier molecular flexibility index (Phi) is 1.72. The molecule has 2 N–H and O–H groups in total. The molecule has 1 aromatic heterocycles. The molecule has 0 aliphatic carbocycles. The first-order valence-corrected chi connectivity index (χ1v) is 2.89. The third-order valence-electron chi connectivity index (χ3n) is 0.979. The standard InChI is InChI=1S/C6H7NO4/c1-4(8)11-7-3-5(9)2-6(7)10/h2-3,9-10H,1H3. The van der Waals surface area contributed by atoms with Gasteiger partial charge in [0.1, 0.15) is 5.75 Å². The number of nitrogens with zero attached hydrogens (tertiary/aromatic N) is 1. The molecule has 0 amide bonds. The third-order valence-corrected chi connectivity index (χ3v) is 0.979. The Bertz CT molecular complexity index is 278. The number of hydrogen-bond donors (Lipinski definition) is 2. The van der Waals surface area contributed by atoms with E-state index in [2.05, 4.69) is 4.84 Å². The van der Waals surface area contributed by atoms with Crippen LogP contribution in [0, 0.1) is 0 Å². The molecular formula is C6H7NO4. The quantitative estimate of drug-likeness (QED) is 0.595. The molecule has 0 aliphatic rings. The molecule has 0 saturated heterocycles. The van der Waals surface area contributed by atoms with Crippen LogP contribution in [0.3, 0.4) is 0 Å². The molecule has 0 bridgehead atoms. The van der Waals surface area contributed by atoms with Crippen molar-refractivity contribution in [2.45, 2.75) is 6.92 Å². The molecule has 0 aromatic carbocycles. The van der Waals surface area contributed by atoms with Gasteiger partial charge < -0.3 is 15.1 Å². The van der Waals surface area contributed by atoms with E-state index >= 15 is 0 Å². The number of carbonyl (C=O) groups excluding carboxylic acids is 1. The zero-order chi connectivity index (χ0) is 8.43. The van der Waals surface area contributed by atoms with E-state index in [0.29, 0.717) is 0 Å². The Morgan fingerprint density at radius 3 is 2.64 bits per heavy atom. The Morgan fingerprint density at radius 2 is 2.27 bits per heavy atom. The van der Waals surface area contributed by atoms with Gasteiger partial charge in [-0.3, -0.25) is 0 Å². The highest BCUT2D eigenvalue weighted by Gasteiger charge is 2.04. The van der Waals surface area contributed by atoms with Crippen LogP contribution in [0.1, 0.15) is 6.92 Å². The molecule has 1 rings (SSSR count). The van der Waals surface area contributed by atoms with Gasteiger partial charge in [0.15, 0.2) is 0 Å². The Labute approximate surface area is 62.4 Å². The van der Waals surface area contributed by atoms with E-state index in [1.54, 1.807) is 0 Å². The van der Waals surface area contributed by atoms with Crippen LogP contribution in [0.4, 0.5) is 0 Å². The normalized spacial score (nSPS) is 9.55. The smallest absolute Gasteiger partial charge is 0.330 e. The lowest BCUT2D eigenvalue weighted by atomic mass is 10.6. The summed E-state index contributed by atoms with van der Waals surface area (Å²) < 4.78 is 0.775. The second-order valence-electron chi connectivity index (χ2n) is 1.97. The first kappa shape index (κ1) is 7.46. The van der Waals surface area contributed by atoms with Crippen molar-refractivity contribution in [2.24, 2.45) is 0 Å². The minimum atomic E-state index is -0.573. The second-order valence-corrected chi connectivity index (χ2v) is 1.97. The van der Waals surface area contributed by atoms with Crippen molar-refractivity contribution in [3.63, 3.8) is 0 Å². The molecule has 5 heteroatoms. The van der Waals surface area contributed by atoms with Crippen molar-refractivity contribution in [2.75, 3.05) is 0 Å². The maximum Gasteiger partial charge on any atom is 0.330 e. The van der Waals surface area contributed by atoms with E-state index in [0.717, 1.165) is 17.0 Å². The van der Waals surface area contributed by atoms with Gasteiger partial charge in [-0.1, -0.05) is 0 Å². The summed E-state index contributed by atoms with van der Waals surface area (Å²) in [6.45, 7) is 1.19. The van der Waals surface area contributed by atoms with Gasteiger partial charge >= 0.3 is 5.97 Å². The largest absolute Gasteiger partial charge is 0.506 e. The fourth-order valence-corrected chi connectivity index (χ4v) is 0.631. The molecule has 0 unspecified atom stereocenters. The van der Waals surface area contributed by atoms with Gasteiger partial charge in [-0.15, -0.1) is 4.73 Å². The lowest BCUT2D eigenvalue weighted by molar-refractivity contribution is -0.142. The van der Waals surface area contributed by atoms with Crippen molar-refractivity contribution in [3.8, 4) is 11.6 Å². The number of carbonyl (C=O) groups is 1. The monoisotopic (exact) mass is 157 g/mol. The van der Waals surface area contributed by atoms with Crippen molar-refractivity contribution in [1.29, 1.82) is 0 Å². The van der Waals surface area contributed by atoms with Gasteiger partial charge in [0.25, 0.3) is 0 Å². The fourth-order valence-electron chi connectivity index (χ4n) is 0.631. The first-order valence-electron chi connectivity index (χ1n) is 2.89. The average Bonchev–Trinajstić information content (AvgIpc) is 2.09. The first-order chi connectivity index (χ1) is 5.09. The van der Waals surface area contributed by atoms with Gasteiger partial charge in [-0.25, -0.2) is 4.79 Å². The summed E-state index contributed by atoms with van der Waals surface area (Å²) in [5, 5.41) is 17.7. The van der Waals surface area contributed by atoms with Crippen LogP contribution in [0.25, 0.3) is 0 Å². The molecule has 0 atom stereocenters. The van der Waals surface area contributed by atoms with Gasteiger partial charge in [0, 0.05) is 13.0 Å². The van der Waals surface area contributed by atoms with E-state index in [9.17, 15) is 4.79 Å². The highest BCUT2D eigenvalue weighted by Crippen LogP contribution is 2.18. The summed E-state index contributed by atoms with van der Waals surface area (Å²) in [5.41, 5.74) is 0. The third kappa shape index (κ3) is 1.64. The van der Waals surface area contributed by atoms with Crippen LogP contribution in [0.5, 0.6) is 11.6 Å². The molecule has 60 valence electrons. The SMILES string of the molecule is CC(=O)On1cc(O)cc1O. The second kappa shape index (κ2) is 2.53. The van der Waals surface area contributed by atoms with Crippen LogP contribution >= 0.6 is 0 Å². The van der Waals surface area contributed by atoms with E-state index < -0.39 is 5.97 Å². The number of rotatable bonds is 1. The highest BCUT2D eigenvalue weighted by molar-refractivity contribution is 5.66. The predicted octanol–water partition coefficient (Wildman–Crippen LogP) is -0.126. The van der Waals surface area contributed by atoms with Crippen LogP contribution < -0.4 is 4.84 Å². The minimum absolute atomic E-state index is 0.163. The lowest BCUT2D eigenvalue weighted by Gasteiger charge is -2.00. The van der Waals surface area contributed by atoms with Crippen LogP contribution in [-0.2, 0) is 4.79 Å². The molecule has 0 spiro atoms. The van der Waals surface area contributed by atoms with Gasteiger partial charge in [0.05, 0.1) is 6.20 Å². The summed E-state index contributed by atoms with van der Waals surface area (Å²) in [4.78, 5) is 14.8. The Hall–Kier alpha value is -1.65. The summed E-state index contributed by atoms with van der Waals surface area (Å²) in [6.07, 6.45) is 1.08. The fraction of sp³-hybridized carbons (Fsp3) is 0.167. The molecule has 1 heterocycles. The Morgan fingerprint density at radius 1 is 1.64 bits per heavy atom. The summed E-state index contributed by atoms with van der Waals surface area (Å²) in [5.74, 6) is -1.06. The number of aromatic hydroxyl groups is 2. The molecule has 0 radical (unpaired) electrons. The van der Waals surface area contributed by atoms with Gasteiger partial charge in [-0.2, -0.15) is 0 Å². The minimum Gasteiger partial charge on any atom is -0.506 e. The molecule has 0 fully saturated rings. The maximum absolute atomic E-state index is 10.3. The van der Waals surface area contributed by atoms with Crippen LogP contribution in [-0.4, -0.2) is 20.9 Å². The summed E-state index contributed by atoms with van der Waals surface area (Å²) >= 11 is 0. The van der Waals surface area contributed by atoms with Crippen molar-refractivity contribution in [3.05, 3.63) is 12.3 Å². The van der Waals surface area contributed by atoms with Crippen molar-refractivity contribution in [1.82, 2.24) is 4.73 Å². The van der Waals surface area contributed by atoms with Crippen molar-refractivity contribution < 1.29 is 19.8 Å². The highest BCUT2D eigenvalue weighted by atomic mass is 16.7. The van der Waals surface area contributed by atoms with E-state index in [1.165, 1.54) is 6.92 Å². The summed E-state index contributed by atoms with van der Waals surface area (Å²) in [7, 11) is 0. The van der Waals surface area contributed by atoms with E-state index in [-0.39, 0.29) is 11.6 Å². The molecule has 5 nitrogen and oxygen atoms in total. The van der Waals surface area contributed by atoms with Crippen molar-refractivity contribution >= 4 is 5.97 Å². The van der Waals surface area contributed by atoms with Gasteiger partial charge in [-0.05, 0) is 0 Å². The predicted molar refractivity (Wildman–Crippen MR) is 35.0 cm³/mol. The zero-order valence-electron chi connectivity index (χ0n) is 5.81. The molecule has 0 aliphatic heterocycles. The van der Waals surface area contributed by atoms with Crippen LogP contribution in [0.2, 0.25) is 0 Å². The Balaban J connectivity index is 2.85. The number of hydrogen-bond acceptors (Lipinski definition) is 4. The molecular weight excluding hydrogens is 150 g/mol. The van der Waals surface area contributed by atoms with E-state index in [1.807, 2.05) is 0 Å². The molecule has 1 aromatic rings. The molecule has 0 saturated carbocycles. The maximum atomic E-state index is 10.3. The average molecular weight is 157 g/mol. The molecule has 11 heavy (non-hydrogen) atoms. The van der Waals surface area contributed by atoms with Crippen LogP contribution in [0.15, 0.2) is 12.3 Å².